The third-order valence-corrected chi connectivity index (χ3v) is 1.99. The molecule has 2 N–H and O–H groups in total. The SMILES string of the molecule is CCC(C)OCC(CO)C(=O)NC. The molecule has 0 aromatic heterocycles. The van der Waals surface area contributed by atoms with Gasteiger partial charge in [0.2, 0.25) is 5.91 Å². The van der Waals surface area contributed by atoms with Gasteiger partial charge in [0.1, 0.15) is 0 Å². The fourth-order valence-corrected chi connectivity index (χ4v) is 0.814. The standard InChI is InChI=1S/C9H19NO3/c1-4-7(2)13-6-8(5-11)9(12)10-3/h7-8,11H,4-6H2,1-3H3,(H,10,12). The topological polar surface area (TPSA) is 58.6 Å². The van der Waals surface area contributed by atoms with Gasteiger partial charge in [-0.15, -0.1) is 0 Å². The van der Waals surface area contributed by atoms with Gasteiger partial charge in [-0.25, -0.2) is 0 Å². The van der Waals surface area contributed by atoms with E-state index in [4.69, 9.17) is 9.84 Å². The first-order valence-electron chi connectivity index (χ1n) is 4.59. The van der Waals surface area contributed by atoms with Gasteiger partial charge >= 0.3 is 0 Å². The normalized spacial score (nSPS) is 15.1. The molecule has 0 aliphatic rings. The minimum atomic E-state index is -0.445. The zero-order chi connectivity index (χ0) is 10.3. The Balaban J connectivity index is 3.78. The van der Waals surface area contributed by atoms with Gasteiger partial charge in [-0.2, -0.15) is 0 Å². The van der Waals surface area contributed by atoms with E-state index in [1.807, 2.05) is 13.8 Å². The van der Waals surface area contributed by atoms with Crippen molar-refractivity contribution in [3.8, 4) is 0 Å². The molecule has 0 saturated heterocycles. The minimum absolute atomic E-state index is 0.138. The molecule has 4 heteroatoms. The summed E-state index contributed by atoms with van der Waals surface area (Å²) in [6.07, 6.45) is 1.05. The number of ether oxygens (including phenoxy) is 1. The molecular formula is C9H19NO3. The van der Waals surface area contributed by atoms with E-state index in [0.717, 1.165) is 6.42 Å². The Morgan fingerprint density at radius 3 is 2.62 bits per heavy atom. The van der Waals surface area contributed by atoms with Crippen molar-refractivity contribution < 1.29 is 14.6 Å². The molecule has 0 saturated carbocycles. The molecule has 0 aliphatic carbocycles. The summed E-state index contributed by atoms with van der Waals surface area (Å²) in [5, 5.41) is 11.4. The van der Waals surface area contributed by atoms with Crippen LogP contribution >= 0.6 is 0 Å². The van der Waals surface area contributed by atoms with E-state index in [-0.39, 0.29) is 25.2 Å². The molecule has 0 rings (SSSR count). The van der Waals surface area contributed by atoms with Crippen LogP contribution in [0.25, 0.3) is 0 Å². The summed E-state index contributed by atoms with van der Waals surface area (Å²) in [6.45, 7) is 4.07. The third kappa shape index (κ3) is 4.85. The molecule has 78 valence electrons. The van der Waals surface area contributed by atoms with Crippen LogP contribution in [0.1, 0.15) is 20.3 Å². The largest absolute Gasteiger partial charge is 0.395 e. The summed E-state index contributed by atoms with van der Waals surface area (Å²) in [7, 11) is 1.55. The molecule has 0 bridgehead atoms. The molecule has 0 spiro atoms. The Kier molecular flexibility index (Phi) is 6.54. The highest BCUT2D eigenvalue weighted by atomic mass is 16.5. The smallest absolute Gasteiger partial charge is 0.227 e. The predicted molar refractivity (Wildman–Crippen MR) is 50.3 cm³/mol. The Morgan fingerprint density at radius 2 is 2.23 bits per heavy atom. The van der Waals surface area contributed by atoms with Crippen LogP contribution in [0.15, 0.2) is 0 Å². The van der Waals surface area contributed by atoms with E-state index in [0.29, 0.717) is 0 Å². The van der Waals surface area contributed by atoms with E-state index in [9.17, 15) is 4.79 Å². The number of hydrogen-bond donors (Lipinski definition) is 2. The van der Waals surface area contributed by atoms with Crippen LogP contribution in [-0.2, 0) is 9.53 Å². The first-order chi connectivity index (χ1) is 6.15. The van der Waals surface area contributed by atoms with Crippen LogP contribution in [0.5, 0.6) is 0 Å². The van der Waals surface area contributed by atoms with Gasteiger partial charge in [-0.3, -0.25) is 4.79 Å². The fraction of sp³-hybridized carbons (Fsp3) is 0.889. The summed E-state index contributed by atoms with van der Waals surface area (Å²) in [4.78, 5) is 11.1. The molecule has 0 radical (unpaired) electrons. The molecule has 0 aliphatic heterocycles. The minimum Gasteiger partial charge on any atom is -0.395 e. The highest BCUT2D eigenvalue weighted by Gasteiger charge is 2.16. The lowest BCUT2D eigenvalue weighted by molar-refractivity contribution is -0.128. The average molecular weight is 189 g/mol. The highest BCUT2D eigenvalue weighted by Crippen LogP contribution is 2.02. The van der Waals surface area contributed by atoms with Crippen LogP contribution in [0.4, 0.5) is 0 Å². The van der Waals surface area contributed by atoms with Crippen molar-refractivity contribution >= 4 is 5.91 Å². The second-order valence-corrected chi connectivity index (χ2v) is 3.05. The van der Waals surface area contributed by atoms with Crippen molar-refractivity contribution in [3.05, 3.63) is 0 Å². The summed E-state index contributed by atoms with van der Waals surface area (Å²) in [5.74, 6) is -0.621. The van der Waals surface area contributed by atoms with Crippen LogP contribution < -0.4 is 5.32 Å². The summed E-state index contributed by atoms with van der Waals surface area (Å²) in [5.41, 5.74) is 0. The molecular weight excluding hydrogens is 170 g/mol. The number of carbonyl (C=O) groups excluding carboxylic acids is 1. The maximum absolute atomic E-state index is 11.1. The monoisotopic (exact) mass is 189 g/mol. The number of hydrogen-bond acceptors (Lipinski definition) is 3. The average Bonchev–Trinajstić information content (AvgIpc) is 2.17. The maximum Gasteiger partial charge on any atom is 0.227 e. The highest BCUT2D eigenvalue weighted by molar-refractivity contribution is 5.78. The third-order valence-electron chi connectivity index (χ3n) is 1.99. The van der Waals surface area contributed by atoms with E-state index >= 15 is 0 Å². The van der Waals surface area contributed by atoms with Gasteiger partial charge in [0.15, 0.2) is 0 Å². The Morgan fingerprint density at radius 1 is 1.62 bits per heavy atom. The molecule has 4 nitrogen and oxygen atoms in total. The molecule has 0 aromatic carbocycles. The second-order valence-electron chi connectivity index (χ2n) is 3.05. The number of aliphatic hydroxyl groups is 1. The molecule has 13 heavy (non-hydrogen) atoms. The Labute approximate surface area is 79.3 Å². The van der Waals surface area contributed by atoms with Crippen LogP contribution in [-0.4, -0.2) is 37.4 Å². The van der Waals surface area contributed by atoms with Crippen LogP contribution in [0, 0.1) is 5.92 Å². The van der Waals surface area contributed by atoms with E-state index < -0.39 is 5.92 Å². The van der Waals surface area contributed by atoms with Gasteiger partial charge in [0, 0.05) is 7.05 Å². The molecule has 0 aromatic rings. The summed E-state index contributed by atoms with van der Waals surface area (Å²) < 4.78 is 5.35. The van der Waals surface area contributed by atoms with Crippen LogP contribution in [0.3, 0.4) is 0 Å². The maximum atomic E-state index is 11.1. The molecule has 2 atom stereocenters. The lowest BCUT2D eigenvalue weighted by Gasteiger charge is -2.16. The number of rotatable bonds is 6. The lowest BCUT2D eigenvalue weighted by atomic mass is 10.1. The van der Waals surface area contributed by atoms with Crippen molar-refractivity contribution in [1.29, 1.82) is 0 Å². The molecule has 1 amide bonds. The lowest BCUT2D eigenvalue weighted by Crippen LogP contribution is -2.33. The zero-order valence-electron chi connectivity index (χ0n) is 8.54. The van der Waals surface area contributed by atoms with Crippen LogP contribution in [0.2, 0.25) is 0 Å². The van der Waals surface area contributed by atoms with E-state index in [2.05, 4.69) is 5.32 Å². The number of nitrogens with one attached hydrogen (secondary N) is 1. The van der Waals surface area contributed by atoms with Gasteiger partial charge < -0.3 is 15.2 Å². The first-order valence-corrected chi connectivity index (χ1v) is 4.59. The number of amides is 1. The molecule has 2 unspecified atom stereocenters. The quantitative estimate of drug-likeness (QED) is 0.625. The zero-order valence-corrected chi connectivity index (χ0v) is 8.54. The molecule has 0 fully saturated rings. The summed E-state index contributed by atoms with van der Waals surface area (Å²) in [6, 6.07) is 0. The van der Waals surface area contributed by atoms with E-state index in [1.165, 1.54) is 0 Å². The first kappa shape index (κ1) is 12.4. The number of aliphatic hydroxyl groups excluding tert-OH is 1. The van der Waals surface area contributed by atoms with Crippen molar-refractivity contribution in [2.45, 2.75) is 26.4 Å². The summed E-state index contributed by atoms with van der Waals surface area (Å²) >= 11 is 0. The van der Waals surface area contributed by atoms with Crippen molar-refractivity contribution in [2.24, 2.45) is 5.92 Å². The Bertz CT molecular complexity index is 150. The molecule has 0 heterocycles. The van der Waals surface area contributed by atoms with Gasteiger partial charge in [0.25, 0.3) is 0 Å². The van der Waals surface area contributed by atoms with Gasteiger partial charge in [-0.1, -0.05) is 6.92 Å². The van der Waals surface area contributed by atoms with Crippen molar-refractivity contribution in [3.63, 3.8) is 0 Å². The van der Waals surface area contributed by atoms with Gasteiger partial charge in [-0.05, 0) is 13.3 Å². The fourth-order valence-electron chi connectivity index (χ4n) is 0.814. The van der Waals surface area contributed by atoms with Gasteiger partial charge in [0.05, 0.1) is 25.2 Å². The van der Waals surface area contributed by atoms with Crippen molar-refractivity contribution in [2.75, 3.05) is 20.3 Å². The number of carbonyl (C=O) groups is 1. The van der Waals surface area contributed by atoms with E-state index in [1.54, 1.807) is 7.05 Å². The van der Waals surface area contributed by atoms with Crippen molar-refractivity contribution in [1.82, 2.24) is 5.32 Å². The predicted octanol–water partition coefficient (Wildman–Crippen LogP) is 0.156. The Hall–Kier alpha value is -0.610. The second kappa shape index (κ2) is 6.86.